The standard InChI is InChI=1S/C12H12N4O2S3/c1-3-11-13-7-16(15-11)20-12-14-9-5-4-8(21(2,17)18)6-10(9)19-12/h4-7H,3H2,1-2H3. The highest BCUT2D eigenvalue weighted by Gasteiger charge is 2.12. The highest BCUT2D eigenvalue weighted by Crippen LogP contribution is 2.31. The molecule has 0 spiro atoms. The molecule has 0 fully saturated rings. The minimum atomic E-state index is -3.20. The molecule has 0 unspecified atom stereocenters. The van der Waals surface area contributed by atoms with Crippen molar-refractivity contribution in [2.45, 2.75) is 22.6 Å². The minimum Gasteiger partial charge on any atom is -0.228 e. The van der Waals surface area contributed by atoms with E-state index in [0.29, 0.717) is 4.90 Å². The van der Waals surface area contributed by atoms with E-state index in [-0.39, 0.29) is 0 Å². The molecule has 6 nitrogen and oxygen atoms in total. The SMILES string of the molecule is CCc1ncn(Sc2nc3ccc(S(C)(=O)=O)cc3s2)n1. The summed E-state index contributed by atoms with van der Waals surface area (Å²) in [6, 6.07) is 4.97. The summed E-state index contributed by atoms with van der Waals surface area (Å²) in [5.41, 5.74) is 0.783. The summed E-state index contributed by atoms with van der Waals surface area (Å²) in [4.78, 5) is 8.93. The third-order valence-electron chi connectivity index (χ3n) is 2.78. The Balaban J connectivity index is 1.93. The van der Waals surface area contributed by atoms with Gasteiger partial charge in [-0.25, -0.2) is 18.4 Å². The average Bonchev–Trinajstić information content (AvgIpc) is 3.02. The first-order chi connectivity index (χ1) is 9.95. The van der Waals surface area contributed by atoms with Crippen molar-refractivity contribution in [1.29, 1.82) is 0 Å². The highest BCUT2D eigenvalue weighted by atomic mass is 32.2. The number of thiazole rings is 1. The number of hydrogen-bond acceptors (Lipinski definition) is 7. The van der Waals surface area contributed by atoms with E-state index in [9.17, 15) is 8.42 Å². The summed E-state index contributed by atoms with van der Waals surface area (Å²) in [5, 5.41) is 4.29. The van der Waals surface area contributed by atoms with E-state index in [2.05, 4.69) is 15.1 Å². The fourth-order valence-corrected chi connectivity index (χ4v) is 4.36. The maximum absolute atomic E-state index is 11.6. The summed E-state index contributed by atoms with van der Waals surface area (Å²) < 4.78 is 26.4. The number of hydrogen-bond donors (Lipinski definition) is 0. The first-order valence-electron chi connectivity index (χ1n) is 6.15. The van der Waals surface area contributed by atoms with Gasteiger partial charge in [-0.3, -0.25) is 0 Å². The molecule has 0 saturated heterocycles. The zero-order valence-corrected chi connectivity index (χ0v) is 13.8. The van der Waals surface area contributed by atoms with E-state index in [4.69, 9.17) is 0 Å². The van der Waals surface area contributed by atoms with Crippen molar-refractivity contribution in [3.05, 3.63) is 30.4 Å². The van der Waals surface area contributed by atoms with Gasteiger partial charge in [0.2, 0.25) is 0 Å². The van der Waals surface area contributed by atoms with Gasteiger partial charge < -0.3 is 0 Å². The van der Waals surface area contributed by atoms with E-state index >= 15 is 0 Å². The molecule has 0 radical (unpaired) electrons. The molecule has 0 aliphatic carbocycles. The summed E-state index contributed by atoms with van der Waals surface area (Å²) in [6.07, 6.45) is 3.63. The molecule has 0 amide bonds. The number of aryl methyl sites for hydroxylation is 1. The van der Waals surface area contributed by atoms with Crippen molar-refractivity contribution in [2.24, 2.45) is 0 Å². The van der Waals surface area contributed by atoms with Crippen LogP contribution >= 0.6 is 23.3 Å². The maximum atomic E-state index is 11.6. The molecule has 0 bridgehead atoms. The van der Waals surface area contributed by atoms with Gasteiger partial charge in [0.15, 0.2) is 20.0 Å². The Hall–Kier alpha value is -1.45. The third kappa shape index (κ3) is 3.09. The van der Waals surface area contributed by atoms with Gasteiger partial charge in [0.1, 0.15) is 6.33 Å². The molecule has 0 N–H and O–H groups in total. The second-order valence-corrected chi connectivity index (χ2v) is 8.64. The first-order valence-corrected chi connectivity index (χ1v) is 9.63. The molecule has 2 aromatic heterocycles. The molecule has 0 atom stereocenters. The quantitative estimate of drug-likeness (QED) is 0.726. The van der Waals surface area contributed by atoms with Gasteiger partial charge in [-0.15, -0.1) is 16.4 Å². The van der Waals surface area contributed by atoms with Crippen LogP contribution in [0.2, 0.25) is 0 Å². The van der Waals surface area contributed by atoms with Gasteiger partial charge in [0.05, 0.1) is 15.1 Å². The zero-order valence-electron chi connectivity index (χ0n) is 11.3. The maximum Gasteiger partial charge on any atom is 0.175 e. The van der Waals surface area contributed by atoms with Crippen LogP contribution in [0.5, 0.6) is 0 Å². The molecule has 3 rings (SSSR count). The number of nitrogens with zero attached hydrogens (tertiary/aromatic N) is 4. The Bertz CT molecular complexity index is 898. The lowest BCUT2D eigenvalue weighted by atomic mass is 10.3. The first kappa shape index (κ1) is 14.5. The van der Waals surface area contributed by atoms with Crippen LogP contribution in [0.4, 0.5) is 0 Å². The lowest BCUT2D eigenvalue weighted by Crippen LogP contribution is -1.95. The monoisotopic (exact) mass is 340 g/mol. The molecule has 110 valence electrons. The van der Waals surface area contributed by atoms with Crippen molar-refractivity contribution in [1.82, 2.24) is 19.2 Å². The number of benzene rings is 1. The lowest BCUT2D eigenvalue weighted by molar-refractivity contribution is 0.602. The van der Waals surface area contributed by atoms with E-state index in [1.54, 1.807) is 28.6 Å². The van der Waals surface area contributed by atoms with Crippen LogP contribution in [0.3, 0.4) is 0 Å². The zero-order chi connectivity index (χ0) is 15.0. The number of rotatable bonds is 4. The summed E-state index contributed by atoms with van der Waals surface area (Å²) >= 11 is 2.80. The molecule has 0 aliphatic rings. The van der Waals surface area contributed by atoms with Crippen molar-refractivity contribution in [3.63, 3.8) is 0 Å². The molecule has 0 saturated carbocycles. The van der Waals surface area contributed by atoms with Gasteiger partial charge in [-0.1, -0.05) is 6.92 Å². The molecular formula is C12H12N4O2S3. The summed E-state index contributed by atoms with van der Waals surface area (Å²) in [6.45, 7) is 1.99. The van der Waals surface area contributed by atoms with Crippen molar-refractivity contribution < 1.29 is 8.42 Å². The van der Waals surface area contributed by atoms with Gasteiger partial charge in [0, 0.05) is 24.6 Å². The smallest absolute Gasteiger partial charge is 0.175 e. The molecule has 3 aromatic rings. The predicted octanol–water partition coefficient (Wildman–Crippen LogP) is 2.41. The molecule has 1 aromatic carbocycles. The fourth-order valence-electron chi connectivity index (χ4n) is 1.72. The Morgan fingerprint density at radius 2 is 2.19 bits per heavy atom. The van der Waals surface area contributed by atoms with E-state index in [0.717, 1.165) is 26.8 Å². The minimum absolute atomic E-state index is 0.309. The van der Waals surface area contributed by atoms with E-state index < -0.39 is 9.84 Å². The van der Waals surface area contributed by atoms with Crippen LogP contribution in [0.15, 0.2) is 33.8 Å². The molecule has 9 heteroatoms. The van der Waals surface area contributed by atoms with Gasteiger partial charge >= 0.3 is 0 Å². The Kier molecular flexibility index (Phi) is 3.72. The van der Waals surface area contributed by atoms with Crippen LogP contribution in [0.25, 0.3) is 10.2 Å². The Morgan fingerprint density at radius 1 is 1.38 bits per heavy atom. The fraction of sp³-hybridized carbons (Fsp3) is 0.250. The summed E-state index contributed by atoms with van der Waals surface area (Å²) in [5.74, 6) is 0.781. The number of fused-ring (bicyclic) bond motifs is 1. The largest absolute Gasteiger partial charge is 0.228 e. The molecule has 2 heterocycles. The summed E-state index contributed by atoms with van der Waals surface area (Å²) in [7, 11) is -3.20. The van der Waals surface area contributed by atoms with Crippen LogP contribution < -0.4 is 0 Å². The van der Waals surface area contributed by atoms with Crippen LogP contribution in [-0.4, -0.2) is 33.8 Å². The normalized spacial score (nSPS) is 12.1. The van der Waals surface area contributed by atoms with Gasteiger partial charge in [-0.05, 0) is 18.2 Å². The molecule has 0 aliphatic heterocycles. The average molecular weight is 340 g/mol. The molecule has 21 heavy (non-hydrogen) atoms. The van der Waals surface area contributed by atoms with Crippen molar-refractivity contribution >= 4 is 43.3 Å². The van der Waals surface area contributed by atoms with Crippen molar-refractivity contribution in [3.8, 4) is 0 Å². The third-order valence-corrected chi connectivity index (χ3v) is 5.78. The van der Waals surface area contributed by atoms with Crippen LogP contribution in [0.1, 0.15) is 12.7 Å². The van der Waals surface area contributed by atoms with Crippen molar-refractivity contribution in [2.75, 3.05) is 6.26 Å². The van der Waals surface area contributed by atoms with Gasteiger partial charge in [0.25, 0.3) is 0 Å². The topological polar surface area (TPSA) is 77.7 Å². The van der Waals surface area contributed by atoms with Crippen LogP contribution in [-0.2, 0) is 16.3 Å². The number of sulfone groups is 1. The Labute approximate surface area is 130 Å². The lowest BCUT2D eigenvalue weighted by Gasteiger charge is -1.96. The predicted molar refractivity (Wildman–Crippen MR) is 83.4 cm³/mol. The van der Waals surface area contributed by atoms with Crippen LogP contribution in [0, 0.1) is 0 Å². The van der Waals surface area contributed by atoms with Gasteiger partial charge in [-0.2, -0.15) is 4.09 Å². The Morgan fingerprint density at radius 3 is 2.86 bits per heavy atom. The molecular weight excluding hydrogens is 328 g/mol. The number of aromatic nitrogens is 4. The second kappa shape index (κ2) is 5.39. The second-order valence-electron chi connectivity index (χ2n) is 4.39. The van der Waals surface area contributed by atoms with E-state index in [1.807, 2.05) is 6.92 Å². The highest BCUT2D eigenvalue weighted by molar-refractivity contribution is 7.99. The van der Waals surface area contributed by atoms with E-state index in [1.165, 1.54) is 29.5 Å².